The number of aromatic nitrogens is 6. The Hall–Kier alpha value is -6.23. The van der Waals surface area contributed by atoms with Gasteiger partial charge in [0.25, 0.3) is 5.56 Å². The molecule has 4 aromatic heterocycles. The van der Waals surface area contributed by atoms with Crippen LogP contribution in [-0.2, 0) is 19.7 Å². The van der Waals surface area contributed by atoms with Gasteiger partial charge in [-0.05, 0) is 85.6 Å². The van der Waals surface area contributed by atoms with Gasteiger partial charge in [-0.2, -0.15) is 15.6 Å². The molecule has 0 spiro atoms. The van der Waals surface area contributed by atoms with Gasteiger partial charge in [0.1, 0.15) is 12.4 Å². The lowest BCUT2D eigenvalue weighted by atomic mass is 10.0. The van der Waals surface area contributed by atoms with E-state index in [0.29, 0.717) is 39.3 Å². The number of hydrogen-bond donors (Lipinski definition) is 3. The Morgan fingerprint density at radius 2 is 1.67 bits per heavy atom. The van der Waals surface area contributed by atoms with E-state index in [-0.39, 0.29) is 18.7 Å². The Kier molecular flexibility index (Phi) is 6.83. The fourth-order valence-electron chi connectivity index (χ4n) is 6.54. The van der Waals surface area contributed by atoms with Gasteiger partial charge in [0, 0.05) is 55.7 Å². The third-order valence-corrected chi connectivity index (χ3v) is 9.26. The van der Waals surface area contributed by atoms with Crippen LogP contribution in [0.4, 0.5) is 0 Å². The van der Waals surface area contributed by atoms with Crippen molar-refractivity contribution in [2.24, 2.45) is 0 Å². The van der Waals surface area contributed by atoms with Gasteiger partial charge in [-0.3, -0.25) is 14.6 Å². The third kappa shape index (κ3) is 4.87. The van der Waals surface area contributed by atoms with E-state index in [9.17, 15) is 15.3 Å². The van der Waals surface area contributed by atoms with Crippen molar-refractivity contribution in [3.63, 3.8) is 0 Å². The Morgan fingerprint density at radius 3 is 2.50 bits per heavy atom. The molecule has 0 aliphatic carbocycles. The molecule has 234 valence electrons. The van der Waals surface area contributed by atoms with Crippen LogP contribution in [-0.4, -0.2) is 29.5 Å². The molecule has 11 heteroatoms. The molecule has 0 aliphatic heterocycles. The van der Waals surface area contributed by atoms with Crippen LogP contribution < -0.4 is 10.3 Å². The molecule has 0 saturated heterocycles. The maximum Gasteiger partial charge on any atom is 0.274 e. The summed E-state index contributed by atoms with van der Waals surface area (Å²) in [4.78, 5) is 20.2. The van der Waals surface area contributed by atoms with Gasteiger partial charge < -0.3 is 14.7 Å². The average molecular weight is 651 g/mol. The summed E-state index contributed by atoms with van der Waals surface area (Å²) < 4.78 is 9.93. The predicted molar refractivity (Wildman–Crippen MR) is 185 cm³/mol. The molecule has 10 nitrogen and oxygen atoms in total. The molecule has 4 aromatic carbocycles. The van der Waals surface area contributed by atoms with Crippen molar-refractivity contribution < 1.29 is 4.74 Å². The molecule has 0 radical (unpaired) electrons. The number of aromatic amines is 3. The molecule has 3 N–H and O–H groups in total. The molecule has 4 heterocycles. The van der Waals surface area contributed by atoms with Gasteiger partial charge in [0.15, 0.2) is 0 Å². The highest BCUT2D eigenvalue weighted by Crippen LogP contribution is 2.34. The largest absolute Gasteiger partial charge is 0.487 e. The molecule has 0 fully saturated rings. The van der Waals surface area contributed by atoms with E-state index >= 15 is 0 Å². The van der Waals surface area contributed by atoms with Crippen molar-refractivity contribution in [1.29, 1.82) is 10.5 Å². The van der Waals surface area contributed by atoms with Crippen LogP contribution in [0.5, 0.6) is 5.75 Å². The quantitative estimate of drug-likeness (QED) is 0.165. The highest BCUT2D eigenvalue weighted by Gasteiger charge is 2.18. The molecule has 0 unspecified atom stereocenters. The first-order valence-electron chi connectivity index (χ1n) is 15.3. The maximum atomic E-state index is 13.4. The second kappa shape index (κ2) is 11.2. The zero-order chi connectivity index (χ0) is 33.1. The topological polar surface area (TPSA) is 144 Å². The molecule has 48 heavy (non-hydrogen) atoms. The summed E-state index contributed by atoms with van der Waals surface area (Å²) in [7, 11) is 0. The Bertz CT molecular complexity index is 2730. The minimum absolute atomic E-state index is 0.205. The molecular weight excluding hydrogens is 624 g/mol. The fourth-order valence-corrected chi connectivity index (χ4v) is 6.86. The first-order valence-corrected chi connectivity index (χ1v) is 15.7. The molecule has 8 aromatic rings. The molecule has 8 rings (SSSR count). The van der Waals surface area contributed by atoms with Crippen LogP contribution in [0.1, 0.15) is 39.1 Å². The van der Waals surface area contributed by atoms with Crippen LogP contribution in [0, 0.1) is 36.5 Å². The summed E-state index contributed by atoms with van der Waals surface area (Å²) in [6, 6.07) is 22.8. The van der Waals surface area contributed by atoms with Crippen molar-refractivity contribution in [1.82, 2.24) is 29.5 Å². The maximum absolute atomic E-state index is 13.4. The Labute approximate surface area is 278 Å². The van der Waals surface area contributed by atoms with Crippen molar-refractivity contribution >= 4 is 55.2 Å². The number of nitriles is 2. The van der Waals surface area contributed by atoms with Gasteiger partial charge in [-0.25, -0.2) is 4.68 Å². The first kappa shape index (κ1) is 29.2. The summed E-state index contributed by atoms with van der Waals surface area (Å²) in [6.07, 6.45) is 3.84. The molecule has 0 aliphatic rings. The number of nitrogens with zero attached hydrogens (tertiary/aromatic N) is 5. The van der Waals surface area contributed by atoms with E-state index in [1.54, 1.807) is 35.0 Å². The second-order valence-electron chi connectivity index (χ2n) is 12.0. The van der Waals surface area contributed by atoms with E-state index in [1.807, 2.05) is 55.2 Å². The summed E-state index contributed by atoms with van der Waals surface area (Å²) >= 11 is 6.83. The number of H-pyrrole nitrogens is 3. The van der Waals surface area contributed by atoms with Gasteiger partial charge in [0.2, 0.25) is 0 Å². The van der Waals surface area contributed by atoms with E-state index < -0.39 is 0 Å². The van der Waals surface area contributed by atoms with Gasteiger partial charge in [-0.1, -0.05) is 11.6 Å². The zero-order valence-corrected chi connectivity index (χ0v) is 26.7. The lowest BCUT2D eigenvalue weighted by Crippen LogP contribution is -2.18. The van der Waals surface area contributed by atoms with Crippen LogP contribution in [0.2, 0.25) is 5.02 Å². The Balaban J connectivity index is 1.13. The van der Waals surface area contributed by atoms with E-state index in [4.69, 9.17) is 21.4 Å². The smallest absolute Gasteiger partial charge is 0.274 e. The molecule has 0 amide bonds. The lowest BCUT2D eigenvalue weighted by molar-refractivity contribution is 0.298. The van der Waals surface area contributed by atoms with Crippen LogP contribution in [0.15, 0.2) is 77.9 Å². The average Bonchev–Trinajstić information content (AvgIpc) is 3.88. The molecule has 0 saturated carbocycles. The SMILES string of the molecule is Cc1cc(Cl)c(Cn2cc3ccc(C#N)cc3n2)c2cc(COc3cc(C)c4[nH]ccc4c3Cn3[nH]c4ccc(C#N)cc4c3=O)[nH]c12. The number of rotatable bonds is 7. The minimum Gasteiger partial charge on any atom is -0.487 e. The number of hydrogen-bond acceptors (Lipinski definition) is 5. The summed E-state index contributed by atoms with van der Waals surface area (Å²) in [5.74, 6) is 0.663. The summed E-state index contributed by atoms with van der Waals surface area (Å²) in [5, 5.41) is 30.5. The van der Waals surface area contributed by atoms with Crippen molar-refractivity contribution in [2.75, 3.05) is 0 Å². The normalized spacial score (nSPS) is 11.5. The number of nitrogens with one attached hydrogen (secondary N) is 3. The molecule has 0 bridgehead atoms. The number of halogens is 1. The van der Waals surface area contributed by atoms with Crippen LogP contribution in [0.3, 0.4) is 0 Å². The number of ether oxygens (including phenoxy) is 1. The van der Waals surface area contributed by atoms with E-state index in [1.165, 1.54) is 0 Å². The van der Waals surface area contributed by atoms with Gasteiger partial charge >= 0.3 is 0 Å². The number of aryl methyl sites for hydroxylation is 2. The predicted octanol–water partition coefficient (Wildman–Crippen LogP) is 7.33. The zero-order valence-electron chi connectivity index (χ0n) is 26.0. The Morgan fingerprint density at radius 1 is 0.875 bits per heavy atom. The highest BCUT2D eigenvalue weighted by molar-refractivity contribution is 6.32. The number of fused-ring (bicyclic) bond motifs is 4. The second-order valence-corrected chi connectivity index (χ2v) is 12.5. The lowest BCUT2D eigenvalue weighted by Gasteiger charge is -2.14. The van der Waals surface area contributed by atoms with Crippen molar-refractivity contribution in [3.8, 4) is 17.9 Å². The molecule has 0 atom stereocenters. The van der Waals surface area contributed by atoms with Crippen LogP contribution in [0.25, 0.3) is 43.6 Å². The van der Waals surface area contributed by atoms with E-state index in [2.05, 4.69) is 33.3 Å². The van der Waals surface area contributed by atoms with Gasteiger partial charge in [-0.15, -0.1) is 0 Å². The standard InChI is InChI=1S/C37H27ClN8O2/c1-20-9-31(38)29(17-45-16-24-5-3-23(15-40)12-33(24)43-45)27-13-25(42-36(20)27)19-48-34-10-21(2)35-26(7-8-41-35)30(34)18-46-37(47)28-11-22(14-39)4-6-32(28)44-46/h3-13,16,41-42,44H,17-19H2,1-2H3. The van der Waals surface area contributed by atoms with Crippen molar-refractivity contribution in [3.05, 3.63) is 128 Å². The van der Waals surface area contributed by atoms with Crippen LogP contribution >= 0.6 is 11.6 Å². The fraction of sp³-hybridized carbons (Fsp3) is 0.135. The van der Waals surface area contributed by atoms with E-state index in [0.717, 1.165) is 60.7 Å². The van der Waals surface area contributed by atoms with Gasteiger partial charge in [0.05, 0.1) is 58.5 Å². The highest BCUT2D eigenvalue weighted by atomic mass is 35.5. The first-order chi connectivity index (χ1) is 23.3. The summed E-state index contributed by atoms with van der Waals surface area (Å²) in [5.41, 5.74) is 8.83. The summed E-state index contributed by atoms with van der Waals surface area (Å²) in [6.45, 7) is 4.99. The van der Waals surface area contributed by atoms with Crippen molar-refractivity contribution in [2.45, 2.75) is 33.5 Å². The number of benzene rings is 4. The third-order valence-electron chi connectivity index (χ3n) is 8.92. The minimum atomic E-state index is -0.205. The monoisotopic (exact) mass is 650 g/mol. The molecular formula is C37H27ClN8O2.